The van der Waals surface area contributed by atoms with E-state index < -0.39 is 0 Å². The lowest BCUT2D eigenvalue weighted by atomic mass is 9.98. The number of carbonyl (C=O) groups excluding carboxylic acids is 2. The van der Waals surface area contributed by atoms with Crippen LogP contribution in [-0.2, 0) is 16.0 Å². The normalized spacial score (nSPS) is 16.3. The van der Waals surface area contributed by atoms with Crippen LogP contribution >= 0.6 is 0 Å². The molecule has 2 heterocycles. The van der Waals surface area contributed by atoms with E-state index in [0.717, 1.165) is 18.5 Å². The number of hydrogen-bond donors (Lipinski definition) is 0. The zero-order valence-electron chi connectivity index (χ0n) is 18.5. The molecular weight excluding hydrogens is 392 g/mol. The molecule has 0 saturated heterocycles. The summed E-state index contributed by atoms with van der Waals surface area (Å²) >= 11 is 0. The highest BCUT2D eigenvalue weighted by atomic mass is 16.5. The largest absolute Gasteiger partial charge is 0.493 e. The number of amides is 2. The van der Waals surface area contributed by atoms with Crippen LogP contribution in [0.4, 0.5) is 5.69 Å². The predicted octanol–water partition coefficient (Wildman–Crippen LogP) is 3.89. The molecule has 0 unspecified atom stereocenters. The molecule has 0 bridgehead atoms. The molecule has 31 heavy (non-hydrogen) atoms. The number of para-hydroxylation sites is 1. The summed E-state index contributed by atoms with van der Waals surface area (Å²) in [5.74, 6) is 0.776. The van der Waals surface area contributed by atoms with Gasteiger partial charge in [-0.2, -0.15) is 0 Å². The minimum Gasteiger partial charge on any atom is -0.493 e. The Morgan fingerprint density at radius 1 is 0.968 bits per heavy atom. The molecular formula is C25H28N2O4. The minimum atomic E-state index is -0.260. The third-order valence-electron chi connectivity index (χ3n) is 5.74. The first-order valence-corrected chi connectivity index (χ1v) is 10.6. The Labute approximate surface area is 183 Å². The Morgan fingerprint density at radius 2 is 1.71 bits per heavy atom. The van der Waals surface area contributed by atoms with Crippen LogP contribution in [0.5, 0.6) is 11.5 Å². The number of nitrogens with zero attached hydrogens (tertiary/aromatic N) is 2. The molecule has 2 aromatic carbocycles. The molecule has 4 rings (SSSR count). The fourth-order valence-electron chi connectivity index (χ4n) is 4.36. The fourth-order valence-corrected chi connectivity index (χ4v) is 4.36. The van der Waals surface area contributed by atoms with Gasteiger partial charge < -0.3 is 14.4 Å². The second-order valence-electron chi connectivity index (χ2n) is 8.29. The van der Waals surface area contributed by atoms with Crippen molar-refractivity contribution in [3.8, 4) is 11.5 Å². The lowest BCUT2D eigenvalue weighted by molar-refractivity contribution is -0.137. The molecule has 2 aromatic rings. The van der Waals surface area contributed by atoms with Crippen LogP contribution in [0.25, 0.3) is 5.57 Å². The van der Waals surface area contributed by atoms with Gasteiger partial charge in [-0.05, 0) is 48.1 Å². The summed E-state index contributed by atoms with van der Waals surface area (Å²) in [6.45, 7) is 5.08. The van der Waals surface area contributed by atoms with Gasteiger partial charge >= 0.3 is 0 Å². The van der Waals surface area contributed by atoms with Crippen LogP contribution in [0.2, 0.25) is 0 Å². The van der Waals surface area contributed by atoms with E-state index in [1.807, 2.05) is 43.0 Å². The zero-order valence-corrected chi connectivity index (χ0v) is 18.5. The third-order valence-corrected chi connectivity index (χ3v) is 5.74. The van der Waals surface area contributed by atoms with Crippen LogP contribution in [0.15, 0.2) is 48.2 Å². The summed E-state index contributed by atoms with van der Waals surface area (Å²) in [5, 5.41) is 0. The minimum absolute atomic E-state index is 0.174. The highest BCUT2D eigenvalue weighted by Crippen LogP contribution is 2.40. The highest BCUT2D eigenvalue weighted by Gasteiger charge is 2.43. The van der Waals surface area contributed by atoms with Crippen molar-refractivity contribution in [3.05, 3.63) is 59.3 Å². The molecule has 2 aliphatic heterocycles. The van der Waals surface area contributed by atoms with Crippen molar-refractivity contribution in [3.63, 3.8) is 0 Å². The van der Waals surface area contributed by atoms with Crippen molar-refractivity contribution in [2.75, 3.05) is 32.2 Å². The van der Waals surface area contributed by atoms with Crippen molar-refractivity contribution >= 4 is 23.1 Å². The first-order valence-electron chi connectivity index (χ1n) is 10.6. The molecule has 2 aliphatic rings. The standard InChI is InChI=1S/C25H28N2O4/c1-16(2)15-27-24(28)22(18-11-12-20(30-3)21(14-18)31-4)23(25(27)29)26-13-7-9-17-8-5-6-10-19(17)26/h5-6,8,10-12,14,16H,7,9,13,15H2,1-4H3. The second-order valence-corrected chi connectivity index (χ2v) is 8.29. The Bertz CT molecular complexity index is 1060. The smallest absolute Gasteiger partial charge is 0.278 e. The Morgan fingerprint density at radius 3 is 2.42 bits per heavy atom. The van der Waals surface area contributed by atoms with Crippen LogP contribution in [0, 0.1) is 5.92 Å². The summed E-state index contributed by atoms with van der Waals surface area (Å²) in [4.78, 5) is 30.5. The monoisotopic (exact) mass is 420 g/mol. The van der Waals surface area contributed by atoms with Gasteiger partial charge in [0.25, 0.3) is 11.8 Å². The van der Waals surface area contributed by atoms with Gasteiger partial charge in [-0.15, -0.1) is 0 Å². The van der Waals surface area contributed by atoms with Crippen molar-refractivity contribution < 1.29 is 19.1 Å². The molecule has 6 heteroatoms. The maximum absolute atomic E-state index is 13.6. The fraction of sp³-hybridized carbons (Fsp3) is 0.360. The van der Waals surface area contributed by atoms with Crippen LogP contribution in [-0.4, -0.2) is 44.0 Å². The number of benzene rings is 2. The molecule has 6 nitrogen and oxygen atoms in total. The molecule has 0 aliphatic carbocycles. The number of rotatable bonds is 6. The maximum Gasteiger partial charge on any atom is 0.278 e. The number of fused-ring (bicyclic) bond motifs is 1. The summed E-state index contributed by atoms with van der Waals surface area (Å²) in [6, 6.07) is 13.5. The maximum atomic E-state index is 13.6. The van der Waals surface area contributed by atoms with Crippen LogP contribution < -0.4 is 14.4 Å². The Hall–Kier alpha value is -3.28. The lowest BCUT2D eigenvalue weighted by Gasteiger charge is -2.32. The summed E-state index contributed by atoms with van der Waals surface area (Å²) in [5.41, 5.74) is 3.71. The number of anilines is 1. The van der Waals surface area contributed by atoms with Gasteiger partial charge in [-0.3, -0.25) is 14.5 Å². The topological polar surface area (TPSA) is 59.1 Å². The molecule has 0 spiro atoms. The zero-order chi connectivity index (χ0) is 22.1. The van der Waals surface area contributed by atoms with E-state index in [0.29, 0.717) is 41.4 Å². The van der Waals surface area contributed by atoms with E-state index in [9.17, 15) is 9.59 Å². The van der Waals surface area contributed by atoms with E-state index in [-0.39, 0.29) is 17.7 Å². The number of ether oxygens (including phenoxy) is 2. The van der Waals surface area contributed by atoms with Crippen LogP contribution in [0.3, 0.4) is 0 Å². The SMILES string of the molecule is COc1ccc(C2=C(N3CCCc4ccccc43)C(=O)N(CC(C)C)C2=O)cc1OC. The first-order chi connectivity index (χ1) is 15.0. The molecule has 162 valence electrons. The van der Waals surface area contributed by atoms with E-state index in [1.165, 1.54) is 10.5 Å². The Kier molecular flexibility index (Phi) is 5.72. The summed E-state index contributed by atoms with van der Waals surface area (Å²) < 4.78 is 10.8. The van der Waals surface area contributed by atoms with Crippen molar-refractivity contribution in [1.29, 1.82) is 0 Å². The summed E-state index contributed by atoms with van der Waals surface area (Å²) in [7, 11) is 3.13. The third kappa shape index (κ3) is 3.67. The van der Waals surface area contributed by atoms with Gasteiger partial charge in [0.15, 0.2) is 11.5 Å². The van der Waals surface area contributed by atoms with Crippen molar-refractivity contribution in [2.24, 2.45) is 5.92 Å². The average molecular weight is 421 g/mol. The quantitative estimate of drug-likeness (QED) is 0.664. The number of carbonyl (C=O) groups is 2. The average Bonchev–Trinajstić information content (AvgIpc) is 3.02. The van der Waals surface area contributed by atoms with Gasteiger partial charge in [-0.25, -0.2) is 0 Å². The number of imide groups is 1. The second kappa shape index (κ2) is 8.46. The molecule has 0 atom stereocenters. The highest BCUT2D eigenvalue weighted by molar-refractivity contribution is 6.36. The molecule has 0 N–H and O–H groups in total. The van der Waals surface area contributed by atoms with Crippen molar-refractivity contribution in [2.45, 2.75) is 26.7 Å². The van der Waals surface area contributed by atoms with E-state index in [4.69, 9.17) is 9.47 Å². The number of aryl methyl sites for hydroxylation is 1. The number of methoxy groups -OCH3 is 2. The molecule has 2 amide bonds. The van der Waals surface area contributed by atoms with Crippen molar-refractivity contribution in [1.82, 2.24) is 4.90 Å². The lowest BCUT2D eigenvalue weighted by Crippen LogP contribution is -2.38. The predicted molar refractivity (Wildman–Crippen MR) is 120 cm³/mol. The molecule has 0 radical (unpaired) electrons. The summed E-state index contributed by atoms with van der Waals surface area (Å²) in [6.07, 6.45) is 1.88. The van der Waals surface area contributed by atoms with Gasteiger partial charge in [0.2, 0.25) is 0 Å². The Balaban J connectivity index is 1.90. The number of hydrogen-bond acceptors (Lipinski definition) is 5. The van der Waals surface area contributed by atoms with Gasteiger partial charge in [0.1, 0.15) is 5.70 Å². The first kappa shape index (κ1) is 21.0. The van der Waals surface area contributed by atoms with Gasteiger partial charge in [-0.1, -0.05) is 38.1 Å². The van der Waals surface area contributed by atoms with E-state index in [1.54, 1.807) is 26.4 Å². The molecule has 0 saturated carbocycles. The van der Waals surface area contributed by atoms with Gasteiger partial charge in [0.05, 0.1) is 19.8 Å². The molecule has 0 fully saturated rings. The van der Waals surface area contributed by atoms with Gasteiger partial charge in [0, 0.05) is 18.8 Å². The van der Waals surface area contributed by atoms with E-state index in [2.05, 4.69) is 6.07 Å². The van der Waals surface area contributed by atoms with E-state index >= 15 is 0 Å². The molecule has 0 aromatic heterocycles. The van der Waals surface area contributed by atoms with Crippen LogP contribution in [0.1, 0.15) is 31.4 Å².